The van der Waals surface area contributed by atoms with Gasteiger partial charge in [-0.15, -0.1) is 0 Å². The van der Waals surface area contributed by atoms with E-state index in [0.29, 0.717) is 18.6 Å². The molecule has 2 N–H and O–H groups in total. The van der Waals surface area contributed by atoms with Crippen molar-refractivity contribution < 1.29 is 9.84 Å². The Balaban J connectivity index is 1.95. The van der Waals surface area contributed by atoms with E-state index in [1.54, 1.807) is 0 Å². The zero-order chi connectivity index (χ0) is 10.9. The van der Waals surface area contributed by atoms with Crippen molar-refractivity contribution in [3.05, 3.63) is 0 Å². The van der Waals surface area contributed by atoms with Crippen molar-refractivity contribution >= 4 is 0 Å². The van der Waals surface area contributed by atoms with Crippen molar-refractivity contribution in [3.8, 4) is 0 Å². The summed E-state index contributed by atoms with van der Waals surface area (Å²) >= 11 is 0. The first kappa shape index (κ1) is 12.9. The Bertz CT molecular complexity index is 153. The van der Waals surface area contributed by atoms with Crippen LogP contribution in [0.1, 0.15) is 39.0 Å². The summed E-state index contributed by atoms with van der Waals surface area (Å²) in [5.74, 6) is 0.716. The maximum absolute atomic E-state index is 8.63. The zero-order valence-corrected chi connectivity index (χ0v) is 9.87. The third kappa shape index (κ3) is 4.96. The minimum absolute atomic E-state index is 0.328. The molecule has 0 amide bonds. The molecule has 3 heteroatoms. The Morgan fingerprint density at radius 2 is 2.20 bits per heavy atom. The lowest BCUT2D eigenvalue weighted by Crippen LogP contribution is -2.28. The van der Waals surface area contributed by atoms with Gasteiger partial charge < -0.3 is 15.2 Å². The molecule has 0 aromatic rings. The summed E-state index contributed by atoms with van der Waals surface area (Å²) in [6.07, 6.45) is 6.06. The van der Waals surface area contributed by atoms with Crippen molar-refractivity contribution in [1.82, 2.24) is 5.32 Å². The summed E-state index contributed by atoms with van der Waals surface area (Å²) in [6.45, 7) is 5.64. The quantitative estimate of drug-likeness (QED) is 0.604. The highest BCUT2D eigenvalue weighted by molar-refractivity contribution is 4.76. The summed E-state index contributed by atoms with van der Waals surface area (Å²) in [5.41, 5.74) is 0. The van der Waals surface area contributed by atoms with Crippen LogP contribution in [0.25, 0.3) is 0 Å². The number of hydrogen-bond donors (Lipinski definition) is 2. The maximum Gasteiger partial charge on any atom is 0.0613 e. The van der Waals surface area contributed by atoms with Crippen molar-refractivity contribution in [2.75, 3.05) is 26.3 Å². The van der Waals surface area contributed by atoms with Crippen LogP contribution in [0, 0.1) is 5.92 Å². The molecule has 1 fully saturated rings. The van der Waals surface area contributed by atoms with Gasteiger partial charge in [0.15, 0.2) is 0 Å². The minimum Gasteiger partial charge on any atom is -0.396 e. The molecule has 1 rings (SSSR count). The first-order chi connectivity index (χ1) is 7.38. The molecule has 0 aromatic carbocycles. The van der Waals surface area contributed by atoms with Gasteiger partial charge in [0.25, 0.3) is 0 Å². The second kappa shape index (κ2) is 8.08. The van der Waals surface area contributed by atoms with Crippen molar-refractivity contribution in [3.63, 3.8) is 0 Å². The molecule has 3 nitrogen and oxygen atoms in total. The van der Waals surface area contributed by atoms with Gasteiger partial charge in [-0.05, 0) is 44.6 Å². The molecule has 1 aliphatic rings. The van der Waals surface area contributed by atoms with Gasteiger partial charge in [-0.3, -0.25) is 0 Å². The summed E-state index contributed by atoms with van der Waals surface area (Å²) in [5, 5.41) is 12.1. The van der Waals surface area contributed by atoms with E-state index in [0.717, 1.165) is 39.0 Å². The monoisotopic (exact) mass is 215 g/mol. The normalized spacial score (nSPS) is 26.0. The molecule has 90 valence electrons. The average molecular weight is 215 g/mol. The molecule has 0 aromatic heterocycles. The number of unbranched alkanes of at least 4 members (excludes halogenated alkanes) is 2. The largest absolute Gasteiger partial charge is 0.396 e. The smallest absolute Gasteiger partial charge is 0.0613 e. The van der Waals surface area contributed by atoms with Gasteiger partial charge in [0.1, 0.15) is 0 Å². The third-order valence-electron chi connectivity index (χ3n) is 3.17. The molecule has 0 saturated carbocycles. The molecule has 0 radical (unpaired) electrons. The van der Waals surface area contributed by atoms with E-state index in [4.69, 9.17) is 9.84 Å². The van der Waals surface area contributed by atoms with E-state index >= 15 is 0 Å². The van der Waals surface area contributed by atoms with Crippen molar-refractivity contribution in [1.29, 1.82) is 0 Å². The molecule has 0 aliphatic carbocycles. The number of nitrogens with one attached hydrogen (secondary N) is 1. The molecule has 15 heavy (non-hydrogen) atoms. The average Bonchev–Trinajstić information content (AvgIpc) is 2.70. The van der Waals surface area contributed by atoms with E-state index < -0.39 is 0 Å². The van der Waals surface area contributed by atoms with Gasteiger partial charge >= 0.3 is 0 Å². The third-order valence-corrected chi connectivity index (χ3v) is 3.17. The molecule has 0 bridgehead atoms. The van der Waals surface area contributed by atoms with Gasteiger partial charge in [-0.2, -0.15) is 0 Å². The highest BCUT2D eigenvalue weighted by Gasteiger charge is 2.25. The SMILES string of the molecule is CCC1OCCC1CNCCCCCO. The lowest BCUT2D eigenvalue weighted by Gasteiger charge is -2.17. The van der Waals surface area contributed by atoms with E-state index in [9.17, 15) is 0 Å². The lowest BCUT2D eigenvalue weighted by molar-refractivity contribution is 0.0873. The maximum atomic E-state index is 8.63. The topological polar surface area (TPSA) is 41.5 Å². The summed E-state index contributed by atoms with van der Waals surface area (Å²) in [7, 11) is 0. The van der Waals surface area contributed by atoms with Crippen LogP contribution >= 0.6 is 0 Å². The van der Waals surface area contributed by atoms with Crippen LogP contribution in [0.15, 0.2) is 0 Å². The number of aliphatic hydroxyl groups is 1. The van der Waals surface area contributed by atoms with Gasteiger partial charge in [0.05, 0.1) is 6.10 Å². The van der Waals surface area contributed by atoms with Gasteiger partial charge in [-0.1, -0.05) is 6.92 Å². The second-order valence-electron chi connectivity index (χ2n) is 4.35. The van der Waals surface area contributed by atoms with E-state index in [-0.39, 0.29) is 0 Å². The standard InChI is InChI=1S/C12H25NO2/c1-2-12-11(6-9-15-12)10-13-7-4-3-5-8-14/h11-14H,2-10H2,1H3. The molecule has 1 aliphatic heterocycles. The van der Waals surface area contributed by atoms with Crippen LogP contribution in [-0.4, -0.2) is 37.5 Å². The van der Waals surface area contributed by atoms with Gasteiger partial charge in [0.2, 0.25) is 0 Å². The van der Waals surface area contributed by atoms with Crippen LogP contribution in [0.5, 0.6) is 0 Å². The molecule has 1 saturated heterocycles. The van der Waals surface area contributed by atoms with Crippen molar-refractivity contribution in [2.24, 2.45) is 5.92 Å². The van der Waals surface area contributed by atoms with E-state index in [2.05, 4.69) is 12.2 Å². The number of aliphatic hydroxyl groups excluding tert-OH is 1. The van der Waals surface area contributed by atoms with E-state index in [1.165, 1.54) is 12.8 Å². The Kier molecular flexibility index (Phi) is 6.98. The Labute approximate surface area is 93.2 Å². The first-order valence-corrected chi connectivity index (χ1v) is 6.31. The summed E-state index contributed by atoms with van der Waals surface area (Å²) in [4.78, 5) is 0. The van der Waals surface area contributed by atoms with Crippen LogP contribution in [-0.2, 0) is 4.74 Å². The van der Waals surface area contributed by atoms with E-state index in [1.807, 2.05) is 0 Å². The highest BCUT2D eigenvalue weighted by Crippen LogP contribution is 2.22. The van der Waals surface area contributed by atoms with Crippen LogP contribution in [0.4, 0.5) is 0 Å². The predicted octanol–water partition coefficient (Wildman–Crippen LogP) is 1.55. The number of rotatable bonds is 8. The molecule has 0 spiro atoms. The van der Waals surface area contributed by atoms with Crippen LogP contribution < -0.4 is 5.32 Å². The zero-order valence-electron chi connectivity index (χ0n) is 9.87. The predicted molar refractivity (Wildman–Crippen MR) is 61.9 cm³/mol. The molecule has 2 atom stereocenters. The van der Waals surface area contributed by atoms with Crippen LogP contribution in [0.2, 0.25) is 0 Å². The minimum atomic E-state index is 0.328. The van der Waals surface area contributed by atoms with Gasteiger partial charge in [-0.25, -0.2) is 0 Å². The fourth-order valence-electron chi connectivity index (χ4n) is 2.20. The fourth-order valence-corrected chi connectivity index (χ4v) is 2.20. The molecule has 1 heterocycles. The Morgan fingerprint density at radius 3 is 2.93 bits per heavy atom. The second-order valence-corrected chi connectivity index (χ2v) is 4.35. The first-order valence-electron chi connectivity index (χ1n) is 6.31. The highest BCUT2D eigenvalue weighted by atomic mass is 16.5. The fraction of sp³-hybridized carbons (Fsp3) is 1.00. The summed E-state index contributed by atoms with van der Waals surface area (Å²) in [6, 6.07) is 0. The molecular formula is C12H25NO2. The molecular weight excluding hydrogens is 190 g/mol. The Hall–Kier alpha value is -0.120. The van der Waals surface area contributed by atoms with Crippen LogP contribution in [0.3, 0.4) is 0 Å². The van der Waals surface area contributed by atoms with Gasteiger partial charge in [0, 0.05) is 19.8 Å². The lowest BCUT2D eigenvalue weighted by atomic mass is 10.00. The Morgan fingerprint density at radius 1 is 1.33 bits per heavy atom. The summed E-state index contributed by atoms with van der Waals surface area (Å²) < 4.78 is 5.64. The number of hydrogen-bond acceptors (Lipinski definition) is 3. The number of ether oxygens (including phenoxy) is 1. The molecule has 2 unspecified atom stereocenters. The van der Waals surface area contributed by atoms with Crippen molar-refractivity contribution in [2.45, 2.75) is 45.1 Å².